The quantitative estimate of drug-likeness (QED) is 0.895. The molecule has 0 radical (unpaired) electrons. The lowest BCUT2D eigenvalue weighted by atomic mass is 9.98. The Morgan fingerprint density at radius 3 is 2.68 bits per heavy atom. The number of hydrogen-bond acceptors (Lipinski definition) is 2. The van der Waals surface area contributed by atoms with Gasteiger partial charge in [0.2, 0.25) is 0 Å². The number of nitrogens with one attached hydrogen (secondary N) is 1. The van der Waals surface area contributed by atoms with Gasteiger partial charge in [-0.3, -0.25) is 4.90 Å². The molecule has 0 amide bonds. The van der Waals surface area contributed by atoms with Crippen molar-refractivity contribution in [3.05, 3.63) is 34.9 Å². The van der Waals surface area contributed by atoms with Gasteiger partial charge >= 0.3 is 0 Å². The Kier molecular flexibility index (Phi) is 5.00. The zero-order valence-corrected chi connectivity index (χ0v) is 12.9. The summed E-state index contributed by atoms with van der Waals surface area (Å²) in [7, 11) is 2.29. The van der Waals surface area contributed by atoms with Gasteiger partial charge in [0.1, 0.15) is 0 Å². The maximum Gasteiger partial charge on any atom is 0.0319 e. The lowest BCUT2D eigenvalue weighted by molar-refractivity contribution is 0.171. The minimum absolute atomic E-state index is 0.502. The third-order valence-electron chi connectivity index (χ3n) is 4.75. The summed E-state index contributed by atoms with van der Waals surface area (Å²) in [5, 5.41) is 3.50. The van der Waals surface area contributed by atoms with Crippen LogP contribution < -0.4 is 5.32 Å². The van der Waals surface area contributed by atoms with Gasteiger partial charge in [0.05, 0.1) is 0 Å². The minimum atomic E-state index is 0.502. The monoisotopic (exact) mass is 260 g/mol. The van der Waals surface area contributed by atoms with Crippen LogP contribution in [-0.4, -0.2) is 31.1 Å². The Morgan fingerprint density at radius 2 is 1.95 bits per heavy atom. The van der Waals surface area contributed by atoms with E-state index in [2.05, 4.69) is 56.2 Å². The van der Waals surface area contributed by atoms with Crippen molar-refractivity contribution >= 4 is 0 Å². The van der Waals surface area contributed by atoms with Crippen molar-refractivity contribution in [2.75, 3.05) is 20.1 Å². The average Bonchev–Trinajstić information content (AvgIpc) is 2.69. The first-order valence-electron chi connectivity index (χ1n) is 7.59. The number of aryl methyl sites for hydroxylation is 2. The van der Waals surface area contributed by atoms with E-state index in [0.29, 0.717) is 12.1 Å². The third-order valence-corrected chi connectivity index (χ3v) is 4.75. The van der Waals surface area contributed by atoms with Crippen LogP contribution in [0.1, 0.15) is 48.9 Å². The molecular weight excluding hydrogens is 232 g/mol. The summed E-state index contributed by atoms with van der Waals surface area (Å²) in [6.07, 6.45) is 3.89. The molecule has 2 rings (SSSR count). The fourth-order valence-electron chi connectivity index (χ4n) is 2.98. The highest BCUT2D eigenvalue weighted by atomic mass is 15.2. The topological polar surface area (TPSA) is 15.3 Å². The van der Waals surface area contributed by atoms with Crippen molar-refractivity contribution < 1.29 is 0 Å². The SMILES string of the molecule is Cc1ccc(C(C)N(C)C2CCCNCC2)cc1C. The van der Waals surface area contributed by atoms with E-state index in [1.807, 2.05) is 0 Å². The van der Waals surface area contributed by atoms with Gasteiger partial charge in [-0.05, 0) is 76.9 Å². The van der Waals surface area contributed by atoms with Gasteiger partial charge in [-0.15, -0.1) is 0 Å². The van der Waals surface area contributed by atoms with Crippen LogP contribution in [-0.2, 0) is 0 Å². The first-order chi connectivity index (χ1) is 9.09. The molecule has 1 aliphatic heterocycles. The maximum atomic E-state index is 3.50. The molecule has 2 heteroatoms. The van der Waals surface area contributed by atoms with Gasteiger partial charge in [-0.1, -0.05) is 18.2 Å². The third kappa shape index (κ3) is 3.58. The summed E-state index contributed by atoms with van der Waals surface area (Å²) in [5.74, 6) is 0. The molecule has 0 aromatic heterocycles. The van der Waals surface area contributed by atoms with Gasteiger partial charge in [-0.25, -0.2) is 0 Å². The average molecular weight is 260 g/mol. The van der Waals surface area contributed by atoms with Crippen LogP contribution in [0, 0.1) is 13.8 Å². The Labute approximate surface area is 118 Å². The van der Waals surface area contributed by atoms with Crippen molar-refractivity contribution in [3.63, 3.8) is 0 Å². The highest BCUT2D eigenvalue weighted by Crippen LogP contribution is 2.26. The first-order valence-corrected chi connectivity index (χ1v) is 7.59. The van der Waals surface area contributed by atoms with Gasteiger partial charge < -0.3 is 5.32 Å². The smallest absolute Gasteiger partial charge is 0.0319 e. The Hall–Kier alpha value is -0.860. The Morgan fingerprint density at radius 1 is 1.16 bits per heavy atom. The molecule has 0 aliphatic carbocycles. The van der Waals surface area contributed by atoms with Crippen molar-refractivity contribution in [1.82, 2.24) is 10.2 Å². The number of hydrogen-bond donors (Lipinski definition) is 1. The van der Waals surface area contributed by atoms with Crippen LogP contribution in [0.25, 0.3) is 0 Å². The van der Waals surface area contributed by atoms with Crippen molar-refractivity contribution in [3.8, 4) is 0 Å². The fourth-order valence-corrected chi connectivity index (χ4v) is 2.98. The van der Waals surface area contributed by atoms with Crippen molar-refractivity contribution in [2.24, 2.45) is 0 Å². The molecule has 106 valence electrons. The van der Waals surface area contributed by atoms with Gasteiger partial charge in [0, 0.05) is 12.1 Å². The van der Waals surface area contributed by atoms with Gasteiger partial charge in [0.15, 0.2) is 0 Å². The molecule has 1 aromatic carbocycles. The molecule has 0 saturated carbocycles. The minimum Gasteiger partial charge on any atom is -0.317 e. The molecule has 1 heterocycles. The molecule has 1 aliphatic rings. The summed E-state index contributed by atoms with van der Waals surface area (Å²) < 4.78 is 0. The molecule has 2 unspecified atom stereocenters. The van der Waals surface area contributed by atoms with Crippen LogP contribution >= 0.6 is 0 Å². The summed E-state index contributed by atoms with van der Waals surface area (Å²) in [4.78, 5) is 2.57. The molecule has 19 heavy (non-hydrogen) atoms. The van der Waals surface area contributed by atoms with E-state index in [9.17, 15) is 0 Å². The van der Waals surface area contributed by atoms with Crippen LogP contribution in [0.3, 0.4) is 0 Å². The zero-order valence-electron chi connectivity index (χ0n) is 12.9. The van der Waals surface area contributed by atoms with Crippen LogP contribution in [0.4, 0.5) is 0 Å². The molecule has 1 saturated heterocycles. The second-order valence-electron chi connectivity index (χ2n) is 6.02. The van der Waals surface area contributed by atoms with Crippen LogP contribution in [0.2, 0.25) is 0 Å². The first kappa shape index (κ1) is 14.5. The van der Waals surface area contributed by atoms with Gasteiger partial charge in [0.25, 0.3) is 0 Å². The normalized spacial score (nSPS) is 22.3. The molecule has 1 fully saturated rings. The van der Waals surface area contributed by atoms with Crippen molar-refractivity contribution in [2.45, 2.75) is 52.1 Å². The predicted molar refractivity (Wildman–Crippen MR) is 82.6 cm³/mol. The second kappa shape index (κ2) is 6.53. The summed E-state index contributed by atoms with van der Waals surface area (Å²) in [6, 6.07) is 8.11. The van der Waals surface area contributed by atoms with E-state index in [1.54, 1.807) is 0 Å². The molecule has 1 aromatic rings. The summed E-state index contributed by atoms with van der Waals surface area (Å²) in [6.45, 7) is 9.07. The maximum absolute atomic E-state index is 3.50. The predicted octanol–water partition coefficient (Wildman–Crippen LogP) is 3.44. The zero-order chi connectivity index (χ0) is 13.8. The molecule has 2 atom stereocenters. The van der Waals surface area contributed by atoms with E-state index >= 15 is 0 Å². The molecule has 0 bridgehead atoms. The largest absolute Gasteiger partial charge is 0.317 e. The lowest BCUT2D eigenvalue weighted by Crippen LogP contribution is -2.34. The Bertz CT molecular complexity index is 406. The Balaban J connectivity index is 2.08. The van der Waals surface area contributed by atoms with Crippen LogP contribution in [0.5, 0.6) is 0 Å². The number of rotatable bonds is 3. The molecule has 1 N–H and O–H groups in total. The summed E-state index contributed by atoms with van der Waals surface area (Å²) in [5.41, 5.74) is 4.24. The van der Waals surface area contributed by atoms with Crippen LogP contribution in [0.15, 0.2) is 18.2 Å². The molecular formula is C17H28N2. The van der Waals surface area contributed by atoms with E-state index in [0.717, 1.165) is 6.54 Å². The molecule has 2 nitrogen and oxygen atoms in total. The second-order valence-corrected chi connectivity index (χ2v) is 6.02. The standard InChI is InChI=1S/C17H28N2/c1-13-7-8-16(12-14(13)2)15(3)19(4)17-6-5-10-18-11-9-17/h7-8,12,15,17-18H,5-6,9-11H2,1-4H3. The van der Waals surface area contributed by atoms with E-state index < -0.39 is 0 Å². The fraction of sp³-hybridized carbons (Fsp3) is 0.647. The van der Waals surface area contributed by atoms with E-state index in [-0.39, 0.29) is 0 Å². The highest BCUT2D eigenvalue weighted by molar-refractivity contribution is 5.31. The molecule has 0 spiro atoms. The number of nitrogens with zero attached hydrogens (tertiary/aromatic N) is 1. The number of benzene rings is 1. The highest BCUT2D eigenvalue weighted by Gasteiger charge is 2.21. The van der Waals surface area contributed by atoms with Gasteiger partial charge in [-0.2, -0.15) is 0 Å². The lowest BCUT2D eigenvalue weighted by Gasteiger charge is -2.33. The van der Waals surface area contributed by atoms with E-state index in [1.165, 1.54) is 42.5 Å². The summed E-state index contributed by atoms with van der Waals surface area (Å²) >= 11 is 0. The van der Waals surface area contributed by atoms with E-state index in [4.69, 9.17) is 0 Å². The van der Waals surface area contributed by atoms with Crippen molar-refractivity contribution in [1.29, 1.82) is 0 Å².